The molecule has 0 spiro atoms. The molecule has 5 heteroatoms. The number of hydrogen-bond donors (Lipinski definition) is 3. The first-order chi connectivity index (χ1) is 8.99. The zero-order chi connectivity index (χ0) is 14.4. The van der Waals surface area contributed by atoms with E-state index in [1.807, 2.05) is 20.8 Å². The molecule has 0 bridgehead atoms. The number of ether oxygens (including phenoxy) is 1. The molecule has 1 aromatic rings. The van der Waals surface area contributed by atoms with Gasteiger partial charge in [0.2, 0.25) is 0 Å². The van der Waals surface area contributed by atoms with E-state index >= 15 is 0 Å². The van der Waals surface area contributed by atoms with E-state index in [-0.39, 0.29) is 24.3 Å². The third-order valence-corrected chi connectivity index (χ3v) is 3.09. The number of anilines is 2. The highest BCUT2D eigenvalue weighted by atomic mass is 19.1. The summed E-state index contributed by atoms with van der Waals surface area (Å²) in [7, 11) is 0. The van der Waals surface area contributed by atoms with E-state index in [1.165, 1.54) is 6.07 Å². The first-order valence-electron chi connectivity index (χ1n) is 6.58. The van der Waals surface area contributed by atoms with E-state index < -0.39 is 5.82 Å². The molecule has 0 amide bonds. The van der Waals surface area contributed by atoms with Crippen molar-refractivity contribution < 1.29 is 14.2 Å². The standard InChI is InChI=1S/C14H23FN2O2/c1-4-5-19-14-7-13(12(16)6-11(14)15)17-10(3)9(2)8-18/h6-7,9-10,17-18H,4-5,8,16H2,1-3H3. The lowest BCUT2D eigenvalue weighted by molar-refractivity contribution is 0.226. The van der Waals surface area contributed by atoms with E-state index in [9.17, 15) is 4.39 Å². The summed E-state index contributed by atoms with van der Waals surface area (Å²) in [6, 6.07) is 2.85. The summed E-state index contributed by atoms with van der Waals surface area (Å²) in [5.74, 6) is -0.189. The number of nitrogens with one attached hydrogen (secondary N) is 1. The first-order valence-corrected chi connectivity index (χ1v) is 6.58. The Morgan fingerprint density at radius 1 is 1.42 bits per heavy atom. The van der Waals surface area contributed by atoms with Gasteiger partial charge < -0.3 is 20.9 Å². The summed E-state index contributed by atoms with van der Waals surface area (Å²) in [5.41, 5.74) is 6.75. The van der Waals surface area contributed by atoms with Gasteiger partial charge in [0, 0.05) is 24.8 Å². The Labute approximate surface area is 113 Å². The van der Waals surface area contributed by atoms with Gasteiger partial charge in [-0.1, -0.05) is 13.8 Å². The second-order valence-corrected chi connectivity index (χ2v) is 4.81. The monoisotopic (exact) mass is 270 g/mol. The summed E-state index contributed by atoms with van der Waals surface area (Å²) in [6.45, 7) is 6.36. The summed E-state index contributed by atoms with van der Waals surface area (Å²) in [4.78, 5) is 0. The maximum Gasteiger partial charge on any atom is 0.167 e. The molecule has 4 nitrogen and oxygen atoms in total. The van der Waals surface area contributed by atoms with Gasteiger partial charge in [-0.3, -0.25) is 0 Å². The molecule has 0 aliphatic carbocycles. The molecule has 1 rings (SSSR count). The van der Waals surface area contributed by atoms with Crippen molar-refractivity contribution in [3.63, 3.8) is 0 Å². The molecule has 0 saturated heterocycles. The van der Waals surface area contributed by atoms with Gasteiger partial charge in [-0.2, -0.15) is 0 Å². The Morgan fingerprint density at radius 3 is 2.68 bits per heavy atom. The number of rotatable bonds is 7. The lowest BCUT2D eigenvalue weighted by Gasteiger charge is -2.22. The summed E-state index contributed by atoms with van der Waals surface area (Å²) >= 11 is 0. The van der Waals surface area contributed by atoms with Crippen molar-refractivity contribution in [1.82, 2.24) is 0 Å². The van der Waals surface area contributed by atoms with Crippen molar-refractivity contribution in [1.29, 1.82) is 0 Å². The number of benzene rings is 1. The number of aliphatic hydroxyl groups is 1. The normalized spacial score (nSPS) is 13.9. The van der Waals surface area contributed by atoms with E-state index in [0.717, 1.165) is 6.42 Å². The van der Waals surface area contributed by atoms with Crippen LogP contribution in [0.5, 0.6) is 5.75 Å². The minimum atomic E-state index is -0.459. The van der Waals surface area contributed by atoms with Crippen LogP contribution in [0.4, 0.5) is 15.8 Å². The predicted molar refractivity (Wildman–Crippen MR) is 75.9 cm³/mol. The fourth-order valence-corrected chi connectivity index (χ4v) is 1.56. The molecular weight excluding hydrogens is 247 g/mol. The number of nitrogen functional groups attached to an aromatic ring is 1. The number of aliphatic hydroxyl groups excluding tert-OH is 1. The van der Waals surface area contributed by atoms with Crippen LogP contribution in [-0.2, 0) is 0 Å². The maximum atomic E-state index is 13.6. The van der Waals surface area contributed by atoms with E-state index in [2.05, 4.69) is 5.32 Å². The molecule has 19 heavy (non-hydrogen) atoms. The van der Waals surface area contributed by atoms with Gasteiger partial charge in [-0.25, -0.2) is 4.39 Å². The number of nitrogens with two attached hydrogens (primary N) is 1. The predicted octanol–water partition coefficient (Wildman–Crippen LogP) is 2.63. The lowest BCUT2D eigenvalue weighted by Crippen LogP contribution is -2.26. The third kappa shape index (κ3) is 4.28. The van der Waals surface area contributed by atoms with Crippen LogP contribution in [0.2, 0.25) is 0 Å². The summed E-state index contributed by atoms with van der Waals surface area (Å²) in [5, 5.41) is 12.3. The minimum Gasteiger partial charge on any atom is -0.490 e. The van der Waals surface area contributed by atoms with Crippen molar-refractivity contribution in [2.75, 3.05) is 24.3 Å². The Hall–Kier alpha value is -1.49. The zero-order valence-corrected chi connectivity index (χ0v) is 11.7. The van der Waals surface area contributed by atoms with Crippen molar-refractivity contribution in [3.8, 4) is 5.75 Å². The quantitative estimate of drug-likeness (QED) is 0.666. The Balaban J connectivity index is 2.87. The van der Waals surface area contributed by atoms with E-state index in [4.69, 9.17) is 15.6 Å². The van der Waals surface area contributed by atoms with Crippen LogP contribution in [0.1, 0.15) is 27.2 Å². The second kappa shape index (κ2) is 7.19. The molecule has 0 heterocycles. The molecule has 4 N–H and O–H groups in total. The highest BCUT2D eigenvalue weighted by molar-refractivity contribution is 5.69. The van der Waals surface area contributed by atoms with Gasteiger partial charge >= 0.3 is 0 Å². The van der Waals surface area contributed by atoms with Gasteiger partial charge in [0.15, 0.2) is 11.6 Å². The largest absolute Gasteiger partial charge is 0.490 e. The van der Waals surface area contributed by atoms with Crippen LogP contribution < -0.4 is 15.8 Å². The fourth-order valence-electron chi connectivity index (χ4n) is 1.56. The smallest absolute Gasteiger partial charge is 0.167 e. The summed E-state index contributed by atoms with van der Waals surface area (Å²) in [6.07, 6.45) is 0.810. The van der Waals surface area contributed by atoms with Gasteiger partial charge in [-0.05, 0) is 19.3 Å². The van der Waals surface area contributed by atoms with Crippen LogP contribution in [0.25, 0.3) is 0 Å². The topological polar surface area (TPSA) is 67.5 Å². The highest BCUT2D eigenvalue weighted by Crippen LogP contribution is 2.29. The van der Waals surface area contributed by atoms with Crippen LogP contribution in [0.3, 0.4) is 0 Å². The molecule has 108 valence electrons. The average Bonchev–Trinajstić information content (AvgIpc) is 2.39. The second-order valence-electron chi connectivity index (χ2n) is 4.81. The van der Waals surface area contributed by atoms with Gasteiger partial charge in [0.25, 0.3) is 0 Å². The number of halogens is 1. The van der Waals surface area contributed by atoms with E-state index in [0.29, 0.717) is 18.0 Å². The van der Waals surface area contributed by atoms with Gasteiger partial charge in [0.05, 0.1) is 18.0 Å². The third-order valence-electron chi connectivity index (χ3n) is 3.09. The van der Waals surface area contributed by atoms with Crippen LogP contribution >= 0.6 is 0 Å². The van der Waals surface area contributed by atoms with Crippen LogP contribution in [0, 0.1) is 11.7 Å². The van der Waals surface area contributed by atoms with Crippen molar-refractivity contribution >= 4 is 11.4 Å². The Bertz CT molecular complexity index is 413. The Morgan fingerprint density at radius 2 is 2.11 bits per heavy atom. The minimum absolute atomic E-state index is 0.0248. The molecule has 0 fully saturated rings. The van der Waals surface area contributed by atoms with E-state index in [1.54, 1.807) is 6.07 Å². The molecule has 1 aromatic carbocycles. The molecule has 0 aliphatic heterocycles. The van der Waals surface area contributed by atoms with Crippen molar-refractivity contribution in [2.24, 2.45) is 5.92 Å². The average molecular weight is 270 g/mol. The van der Waals surface area contributed by atoms with Crippen LogP contribution in [-0.4, -0.2) is 24.4 Å². The van der Waals surface area contributed by atoms with Gasteiger partial charge in [-0.15, -0.1) is 0 Å². The molecule has 2 atom stereocenters. The van der Waals surface area contributed by atoms with Crippen LogP contribution in [0.15, 0.2) is 12.1 Å². The Kier molecular flexibility index (Phi) is 5.89. The zero-order valence-electron chi connectivity index (χ0n) is 11.7. The fraction of sp³-hybridized carbons (Fsp3) is 0.571. The lowest BCUT2D eigenvalue weighted by atomic mass is 10.0. The highest BCUT2D eigenvalue weighted by Gasteiger charge is 2.14. The molecule has 0 aliphatic rings. The number of hydrogen-bond acceptors (Lipinski definition) is 4. The van der Waals surface area contributed by atoms with Crippen molar-refractivity contribution in [2.45, 2.75) is 33.2 Å². The SMILES string of the molecule is CCCOc1cc(NC(C)C(C)CO)c(N)cc1F. The van der Waals surface area contributed by atoms with Gasteiger partial charge in [0.1, 0.15) is 0 Å². The molecular formula is C14H23FN2O2. The maximum absolute atomic E-state index is 13.6. The summed E-state index contributed by atoms with van der Waals surface area (Å²) < 4.78 is 19.0. The molecule has 0 saturated carbocycles. The molecule has 0 aromatic heterocycles. The van der Waals surface area contributed by atoms with Crippen molar-refractivity contribution in [3.05, 3.63) is 17.9 Å². The molecule has 2 unspecified atom stereocenters. The molecule has 0 radical (unpaired) electrons. The first kappa shape index (κ1) is 15.6.